The minimum Gasteiger partial charge on any atom is -0.478 e. The van der Waals surface area contributed by atoms with Crippen LogP contribution >= 0.6 is 0 Å². The number of allylic oxidation sites excluding steroid dienone is 2. The minimum atomic E-state index is -1.19. The molecule has 1 atom stereocenters. The van der Waals surface area contributed by atoms with Crippen molar-refractivity contribution in [2.45, 2.75) is 39.5 Å². The average molecular weight is 310 g/mol. The highest BCUT2D eigenvalue weighted by Gasteiger charge is 2.20. The molecule has 0 rings (SSSR count). The molecule has 0 amide bonds. The standard InChI is InChI=1S/C16H22O6/c1-4-5-6-12(9-11(3)15(19)20)13(16(21)22)8-7-10(2)14(17)18/h8-9,12H,2,4-7H2,1,3H3,(H,17,18)(H,19,20)(H,21,22). The maximum atomic E-state index is 11.4. The van der Waals surface area contributed by atoms with E-state index in [9.17, 15) is 19.5 Å². The van der Waals surface area contributed by atoms with Gasteiger partial charge in [0, 0.05) is 22.6 Å². The smallest absolute Gasteiger partial charge is 0.331 e. The van der Waals surface area contributed by atoms with Crippen molar-refractivity contribution in [2.75, 3.05) is 0 Å². The molecule has 0 aliphatic carbocycles. The second-order valence-electron chi connectivity index (χ2n) is 4.98. The second-order valence-corrected chi connectivity index (χ2v) is 4.98. The molecule has 3 N–H and O–H groups in total. The third-order valence-electron chi connectivity index (χ3n) is 3.17. The Balaban J connectivity index is 5.48. The first-order valence-electron chi connectivity index (χ1n) is 6.96. The Kier molecular flexibility index (Phi) is 8.52. The highest BCUT2D eigenvalue weighted by molar-refractivity contribution is 5.90. The zero-order chi connectivity index (χ0) is 17.3. The van der Waals surface area contributed by atoms with E-state index in [-0.39, 0.29) is 23.1 Å². The maximum absolute atomic E-state index is 11.4. The number of hydrogen-bond donors (Lipinski definition) is 3. The average Bonchev–Trinajstić information content (AvgIpc) is 2.43. The van der Waals surface area contributed by atoms with Crippen molar-refractivity contribution in [1.29, 1.82) is 0 Å². The molecule has 0 saturated carbocycles. The summed E-state index contributed by atoms with van der Waals surface area (Å²) < 4.78 is 0. The van der Waals surface area contributed by atoms with Crippen LogP contribution in [0, 0.1) is 5.92 Å². The molecule has 0 aliphatic heterocycles. The number of carboxylic acids is 3. The van der Waals surface area contributed by atoms with Crippen molar-refractivity contribution in [3.63, 3.8) is 0 Å². The third kappa shape index (κ3) is 6.88. The second kappa shape index (κ2) is 9.55. The molecule has 0 aliphatic rings. The Morgan fingerprint density at radius 1 is 1.09 bits per heavy atom. The van der Waals surface area contributed by atoms with Gasteiger partial charge in [-0.3, -0.25) is 0 Å². The zero-order valence-electron chi connectivity index (χ0n) is 12.8. The molecule has 0 aromatic heterocycles. The van der Waals surface area contributed by atoms with Gasteiger partial charge in [0.1, 0.15) is 0 Å². The topological polar surface area (TPSA) is 112 Å². The fraction of sp³-hybridized carbons (Fsp3) is 0.438. The quantitative estimate of drug-likeness (QED) is 0.535. The van der Waals surface area contributed by atoms with Gasteiger partial charge in [-0.05, 0) is 19.8 Å². The summed E-state index contributed by atoms with van der Waals surface area (Å²) in [5.41, 5.74) is -0.0614. The number of rotatable bonds is 10. The summed E-state index contributed by atoms with van der Waals surface area (Å²) in [5, 5.41) is 27.0. The molecule has 0 radical (unpaired) electrons. The van der Waals surface area contributed by atoms with Crippen LogP contribution in [0.1, 0.15) is 39.5 Å². The van der Waals surface area contributed by atoms with E-state index >= 15 is 0 Å². The Morgan fingerprint density at radius 3 is 2.09 bits per heavy atom. The lowest BCUT2D eigenvalue weighted by Crippen LogP contribution is -2.13. The van der Waals surface area contributed by atoms with Gasteiger partial charge in [0.2, 0.25) is 0 Å². The van der Waals surface area contributed by atoms with Crippen LogP contribution < -0.4 is 0 Å². The van der Waals surface area contributed by atoms with Crippen LogP contribution in [-0.4, -0.2) is 33.2 Å². The van der Waals surface area contributed by atoms with E-state index < -0.39 is 23.8 Å². The van der Waals surface area contributed by atoms with Gasteiger partial charge >= 0.3 is 17.9 Å². The molecule has 0 fully saturated rings. The van der Waals surface area contributed by atoms with Crippen molar-refractivity contribution in [2.24, 2.45) is 5.92 Å². The van der Waals surface area contributed by atoms with Crippen LogP contribution in [0.15, 0.2) is 35.5 Å². The third-order valence-corrected chi connectivity index (χ3v) is 3.17. The molecule has 0 aromatic rings. The Morgan fingerprint density at radius 2 is 1.68 bits per heavy atom. The molecule has 0 saturated heterocycles. The van der Waals surface area contributed by atoms with Gasteiger partial charge in [-0.2, -0.15) is 0 Å². The largest absolute Gasteiger partial charge is 0.478 e. The molecule has 122 valence electrons. The Bertz CT molecular complexity index is 513. The fourth-order valence-electron chi connectivity index (χ4n) is 1.84. The van der Waals surface area contributed by atoms with E-state index in [1.807, 2.05) is 6.92 Å². The predicted molar refractivity (Wildman–Crippen MR) is 81.5 cm³/mol. The van der Waals surface area contributed by atoms with Gasteiger partial charge in [-0.1, -0.05) is 38.5 Å². The summed E-state index contributed by atoms with van der Waals surface area (Å²) in [5.74, 6) is -4.06. The van der Waals surface area contributed by atoms with E-state index in [0.29, 0.717) is 6.42 Å². The minimum absolute atomic E-state index is 0.00329. The number of hydrogen-bond acceptors (Lipinski definition) is 3. The highest BCUT2D eigenvalue weighted by Crippen LogP contribution is 2.23. The summed E-state index contributed by atoms with van der Waals surface area (Å²) in [6.45, 7) is 6.69. The molecule has 0 spiro atoms. The summed E-state index contributed by atoms with van der Waals surface area (Å²) in [4.78, 5) is 33.1. The molecule has 0 bridgehead atoms. The van der Waals surface area contributed by atoms with Gasteiger partial charge < -0.3 is 15.3 Å². The molecule has 6 nitrogen and oxygen atoms in total. The van der Waals surface area contributed by atoms with E-state index in [1.54, 1.807) is 0 Å². The number of unbranched alkanes of at least 4 members (excludes halogenated alkanes) is 1. The number of aliphatic carboxylic acids is 3. The summed E-state index contributed by atoms with van der Waals surface area (Å²) in [6, 6.07) is 0. The lowest BCUT2D eigenvalue weighted by atomic mass is 9.90. The first-order chi connectivity index (χ1) is 10.2. The van der Waals surface area contributed by atoms with Crippen LogP contribution in [0.5, 0.6) is 0 Å². The summed E-state index contributed by atoms with van der Waals surface area (Å²) >= 11 is 0. The van der Waals surface area contributed by atoms with Crippen LogP contribution in [-0.2, 0) is 14.4 Å². The van der Waals surface area contributed by atoms with Crippen LogP contribution in [0.25, 0.3) is 0 Å². The van der Waals surface area contributed by atoms with Crippen molar-refractivity contribution in [1.82, 2.24) is 0 Å². The lowest BCUT2D eigenvalue weighted by molar-refractivity contribution is -0.134. The predicted octanol–water partition coefficient (Wildman–Crippen LogP) is 2.87. The van der Waals surface area contributed by atoms with Crippen molar-refractivity contribution >= 4 is 17.9 Å². The Labute approximate surface area is 129 Å². The van der Waals surface area contributed by atoms with Gasteiger partial charge in [-0.25, -0.2) is 14.4 Å². The molecular formula is C16H22O6. The first-order valence-corrected chi connectivity index (χ1v) is 6.96. The fourth-order valence-corrected chi connectivity index (χ4v) is 1.84. The summed E-state index contributed by atoms with van der Waals surface area (Å²) in [6.07, 6.45) is 4.66. The molecular weight excluding hydrogens is 288 g/mol. The van der Waals surface area contributed by atoms with Gasteiger partial charge in [0.15, 0.2) is 0 Å². The van der Waals surface area contributed by atoms with E-state index in [2.05, 4.69) is 6.58 Å². The maximum Gasteiger partial charge on any atom is 0.331 e. The SMILES string of the molecule is C=C(CC=C(C(=O)O)C(C=C(C)C(=O)O)CCCC)C(=O)O. The number of carboxylic acid groups (broad SMARTS) is 3. The van der Waals surface area contributed by atoms with Crippen LogP contribution in [0.4, 0.5) is 0 Å². The lowest BCUT2D eigenvalue weighted by Gasteiger charge is -2.14. The molecule has 0 aromatic carbocycles. The first kappa shape index (κ1) is 19.6. The van der Waals surface area contributed by atoms with E-state index in [0.717, 1.165) is 12.8 Å². The molecule has 0 heterocycles. The van der Waals surface area contributed by atoms with Crippen molar-refractivity contribution in [3.8, 4) is 0 Å². The highest BCUT2D eigenvalue weighted by atomic mass is 16.4. The van der Waals surface area contributed by atoms with Crippen LogP contribution in [0.3, 0.4) is 0 Å². The zero-order valence-corrected chi connectivity index (χ0v) is 12.8. The van der Waals surface area contributed by atoms with Crippen LogP contribution in [0.2, 0.25) is 0 Å². The molecule has 22 heavy (non-hydrogen) atoms. The monoisotopic (exact) mass is 310 g/mol. The van der Waals surface area contributed by atoms with Gasteiger partial charge in [0.25, 0.3) is 0 Å². The van der Waals surface area contributed by atoms with Crippen molar-refractivity contribution in [3.05, 3.63) is 35.5 Å². The Hall–Kier alpha value is -2.37. The molecule has 1 unspecified atom stereocenters. The summed E-state index contributed by atoms with van der Waals surface area (Å²) in [7, 11) is 0. The normalized spacial score (nSPS) is 13.5. The van der Waals surface area contributed by atoms with Crippen molar-refractivity contribution < 1.29 is 29.7 Å². The van der Waals surface area contributed by atoms with E-state index in [1.165, 1.54) is 19.1 Å². The number of carbonyl (C=O) groups is 3. The van der Waals surface area contributed by atoms with Gasteiger partial charge in [-0.15, -0.1) is 0 Å². The molecule has 6 heteroatoms. The van der Waals surface area contributed by atoms with Gasteiger partial charge in [0.05, 0.1) is 0 Å². The van der Waals surface area contributed by atoms with E-state index in [4.69, 9.17) is 10.2 Å².